The molecule has 19 heavy (non-hydrogen) atoms. The average Bonchev–Trinajstić information content (AvgIpc) is 2.74. The Morgan fingerprint density at radius 1 is 1.47 bits per heavy atom. The van der Waals surface area contributed by atoms with Crippen molar-refractivity contribution in [1.29, 1.82) is 0 Å². The van der Waals surface area contributed by atoms with Gasteiger partial charge in [0.05, 0.1) is 22.3 Å². The van der Waals surface area contributed by atoms with Crippen LogP contribution in [0.5, 0.6) is 0 Å². The Morgan fingerprint density at radius 2 is 2.16 bits per heavy atom. The standard InChI is InChI=1S/C12H18BrN3O2S/c1-14-11(17)7-16(3)12(18)8-15(2)6-9-4-5-10(13)19-9/h4-5H,6-8H2,1-3H3,(H,14,17)/p+1. The minimum atomic E-state index is -0.157. The molecule has 0 aromatic carbocycles. The van der Waals surface area contributed by atoms with E-state index in [0.717, 1.165) is 15.2 Å². The fourth-order valence-corrected chi connectivity index (χ4v) is 3.18. The summed E-state index contributed by atoms with van der Waals surface area (Å²) in [6.45, 7) is 1.28. The van der Waals surface area contributed by atoms with Crippen LogP contribution in [-0.4, -0.2) is 50.9 Å². The summed E-state index contributed by atoms with van der Waals surface area (Å²) in [5, 5.41) is 2.50. The third-order valence-electron chi connectivity index (χ3n) is 2.64. The summed E-state index contributed by atoms with van der Waals surface area (Å²) in [4.78, 5) is 26.9. The number of likely N-dealkylation sites (N-methyl/N-ethyl adjacent to an activating group) is 3. The number of rotatable bonds is 6. The zero-order valence-corrected chi connectivity index (χ0v) is 13.7. The van der Waals surface area contributed by atoms with Crippen molar-refractivity contribution in [3.63, 3.8) is 0 Å². The monoisotopic (exact) mass is 348 g/mol. The molecule has 2 N–H and O–H groups in total. The lowest BCUT2D eigenvalue weighted by Gasteiger charge is -2.18. The third kappa shape index (κ3) is 5.71. The van der Waals surface area contributed by atoms with E-state index >= 15 is 0 Å². The molecule has 0 radical (unpaired) electrons. The number of amides is 2. The van der Waals surface area contributed by atoms with Crippen LogP contribution < -0.4 is 10.2 Å². The highest BCUT2D eigenvalue weighted by atomic mass is 79.9. The molecule has 0 saturated carbocycles. The lowest BCUT2D eigenvalue weighted by molar-refractivity contribution is -0.885. The van der Waals surface area contributed by atoms with Gasteiger partial charge in [0.15, 0.2) is 6.54 Å². The van der Waals surface area contributed by atoms with E-state index in [-0.39, 0.29) is 18.4 Å². The van der Waals surface area contributed by atoms with Gasteiger partial charge in [-0.3, -0.25) is 9.59 Å². The largest absolute Gasteiger partial charge is 0.358 e. The van der Waals surface area contributed by atoms with Gasteiger partial charge in [-0.1, -0.05) is 0 Å². The second kappa shape index (κ2) is 7.62. The number of hydrogen-bond donors (Lipinski definition) is 2. The van der Waals surface area contributed by atoms with Gasteiger partial charge in [-0.2, -0.15) is 0 Å². The lowest BCUT2D eigenvalue weighted by atomic mass is 10.4. The van der Waals surface area contributed by atoms with E-state index in [1.807, 2.05) is 13.1 Å². The Kier molecular flexibility index (Phi) is 6.47. The zero-order valence-electron chi connectivity index (χ0n) is 11.3. The van der Waals surface area contributed by atoms with E-state index in [0.29, 0.717) is 6.54 Å². The van der Waals surface area contributed by atoms with Crippen LogP contribution in [-0.2, 0) is 16.1 Å². The minimum Gasteiger partial charge on any atom is -0.358 e. The number of halogens is 1. The van der Waals surface area contributed by atoms with E-state index in [1.54, 1.807) is 25.4 Å². The predicted octanol–water partition coefficient (Wildman–Crippen LogP) is -0.270. The molecule has 1 aromatic rings. The first kappa shape index (κ1) is 16.1. The number of carbonyl (C=O) groups excluding carboxylic acids is 2. The van der Waals surface area contributed by atoms with E-state index < -0.39 is 0 Å². The Balaban J connectivity index is 2.41. The van der Waals surface area contributed by atoms with Gasteiger partial charge in [-0.05, 0) is 28.1 Å². The summed E-state index contributed by atoms with van der Waals surface area (Å²) in [6, 6.07) is 4.06. The Morgan fingerprint density at radius 3 is 2.68 bits per heavy atom. The van der Waals surface area contributed by atoms with Crippen LogP contribution in [0.4, 0.5) is 0 Å². The molecule has 0 saturated heterocycles. The summed E-state index contributed by atoms with van der Waals surface area (Å²) in [5.74, 6) is -0.188. The van der Waals surface area contributed by atoms with Crippen LogP contribution >= 0.6 is 27.3 Å². The Bertz CT molecular complexity index is 450. The van der Waals surface area contributed by atoms with Crippen molar-refractivity contribution in [2.45, 2.75) is 6.54 Å². The minimum absolute atomic E-state index is 0.0308. The van der Waals surface area contributed by atoms with Crippen molar-refractivity contribution >= 4 is 39.1 Å². The van der Waals surface area contributed by atoms with Gasteiger partial charge < -0.3 is 15.1 Å². The molecule has 0 aliphatic rings. The highest BCUT2D eigenvalue weighted by molar-refractivity contribution is 9.11. The molecular formula is C12H19BrN3O2S+. The Labute approximate surface area is 125 Å². The number of quaternary nitrogens is 1. The maximum atomic E-state index is 11.9. The topological polar surface area (TPSA) is 53.9 Å². The zero-order chi connectivity index (χ0) is 14.4. The van der Waals surface area contributed by atoms with Gasteiger partial charge in [0.2, 0.25) is 5.91 Å². The third-order valence-corrected chi connectivity index (χ3v) is 4.27. The fraction of sp³-hybridized carbons (Fsp3) is 0.500. The molecule has 1 unspecified atom stereocenters. The van der Waals surface area contributed by atoms with Crippen molar-refractivity contribution in [1.82, 2.24) is 10.2 Å². The summed E-state index contributed by atoms with van der Waals surface area (Å²) in [5.41, 5.74) is 0. The fourth-order valence-electron chi connectivity index (χ4n) is 1.58. The van der Waals surface area contributed by atoms with Gasteiger partial charge in [-0.25, -0.2) is 0 Å². The second-order valence-electron chi connectivity index (χ2n) is 4.44. The highest BCUT2D eigenvalue weighted by Crippen LogP contribution is 2.21. The average molecular weight is 349 g/mol. The Hall–Kier alpha value is -0.920. The first-order valence-electron chi connectivity index (χ1n) is 5.92. The number of thiophene rings is 1. The molecule has 106 valence electrons. The number of nitrogens with one attached hydrogen (secondary N) is 2. The first-order chi connectivity index (χ1) is 8.92. The molecule has 1 atom stereocenters. The van der Waals surface area contributed by atoms with Crippen molar-refractivity contribution < 1.29 is 14.5 Å². The van der Waals surface area contributed by atoms with Crippen molar-refractivity contribution in [3.8, 4) is 0 Å². The SMILES string of the molecule is CNC(=O)CN(C)C(=O)C[NH+](C)Cc1ccc(Br)s1. The molecule has 0 spiro atoms. The highest BCUT2D eigenvalue weighted by Gasteiger charge is 2.17. The van der Waals surface area contributed by atoms with Crippen LogP contribution in [0.1, 0.15) is 4.88 Å². The predicted molar refractivity (Wildman–Crippen MR) is 79.2 cm³/mol. The normalized spacial score (nSPS) is 12.0. The maximum Gasteiger partial charge on any atom is 0.277 e. The van der Waals surface area contributed by atoms with Crippen LogP contribution in [0.25, 0.3) is 0 Å². The van der Waals surface area contributed by atoms with E-state index in [2.05, 4.69) is 27.3 Å². The molecule has 5 nitrogen and oxygen atoms in total. The van der Waals surface area contributed by atoms with Gasteiger partial charge >= 0.3 is 0 Å². The molecule has 1 aromatic heterocycles. The molecular weight excluding hydrogens is 330 g/mol. The molecule has 7 heteroatoms. The second-order valence-corrected chi connectivity index (χ2v) is 6.99. The number of nitrogens with zero attached hydrogens (tertiary/aromatic N) is 1. The summed E-state index contributed by atoms with van der Waals surface area (Å²) < 4.78 is 1.10. The number of hydrogen-bond acceptors (Lipinski definition) is 3. The number of carbonyl (C=O) groups is 2. The van der Waals surface area contributed by atoms with Gasteiger partial charge in [0.25, 0.3) is 5.91 Å². The van der Waals surface area contributed by atoms with E-state index in [9.17, 15) is 9.59 Å². The molecule has 2 amide bonds. The van der Waals surface area contributed by atoms with Crippen molar-refractivity contribution in [2.24, 2.45) is 0 Å². The van der Waals surface area contributed by atoms with Crippen molar-refractivity contribution in [2.75, 3.05) is 34.2 Å². The van der Waals surface area contributed by atoms with Crippen LogP contribution in [0.15, 0.2) is 15.9 Å². The molecule has 1 rings (SSSR count). The van der Waals surface area contributed by atoms with E-state index in [1.165, 1.54) is 9.78 Å². The van der Waals surface area contributed by atoms with Crippen LogP contribution in [0.3, 0.4) is 0 Å². The molecule has 0 aliphatic carbocycles. The van der Waals surface area contributed by atoms with Crippen molar-refractivity contribution in [3.05, 3.63) is 20.8 Å². The van der Waals surface area contributed by atoms with Gasteiger partial charge in [-0.15, -0.1) is 11.3 Å². The summed E-state index contributed by atoms with van der Waals surface area (Å²) >= 11 is 5.09. The smallest absolute Gasteiger partial charge is 0.277 e. The first-order valence-corrected chi connectivity index (χ1v) is 7.53. The molecule has 0 fully saturated rings. The molecule has 1 heterocycles. The van der Waals surface area contributed by atoms with E-state index in [4.69, 9.17) is 0 Å². The van der Waals surface area contributed by atoms with Crippen LogP contribution in [0.2, 0.25) is 0 Å². The quantitative estimate of drug-likeness (QED) is 0.743. The summed E-state index contributed by atoms with van der Waals surface area (Å²) in [6.07, 6.45) is 0. The maximum absolute atomic E-state index is 11.9. The van der Waals surface area contributed by atoms with Crippen LogP contribution in [0, 0.1) is 0 Å². The van der Waals surface area contributed by atoms with Gasteiger partial charge in [0, 0.05) is 14.1 Å². The molecule has 0 bridgehead atoms. The lowest BCUT2D eigenvalue weighted by Crippen LogP contribution is -3.08. The molecule has 0 aliphatic heterocycles. The summed E-state index contributed by atoms with van der Waals surface area (Å²) in [7, 11) is 5.18. The van der Waals surface area contributed by atoms with Gasteiger partial charge in [0.1, 0.15) is 6.54 Å².